The largest absolute Gasteiger partial charge is 0.322 e. The van der Waals surface area contributed by atoms with Gasteiger partial charge in [-0.3, -0.25) is 4.79 Å². The molecule has 0 saturated carbocycles. The van der Waals surface area contributed by atoms with Crippen LogP contribution < -0.4 is 5.32 Å². The molecule has 0 unspecified atom stereocenters. The van der Waals surface area contributed by atoms with Crippen LogP contribution in [-0.2, 0) is 4.79 Å². The molecule has 0 fully saturated rings. The first-order valence-electron chi connectivity index (χ1n) is 3.68. The van der Waals surface area contributed by atoms with Gasteiger partial charge in [-0.15, -0.1) is 0 Å². The first-order valence-corrected chi connectivity index (χ1v) is 6.63. The number of hydrogen-bond donors (Lipinski definition) is 1. The van der Waals surface area contributed by atoms with Gasteiger partial charge in [0.1, 0.15) is 0 Å². The maximum Gasteiger partial charge on any atom is 0.263 e. The second kappa shape index (κ2) is 6.06. The third-order valence-electron chi connectivity index (χ3n) is 1.40. The summed E-state index contributed by atoms with van der Waals surface area (Å²) in [7, 11) is 0. The van der Waals surface area contributed by atoms with Crippen molar-refractivity contribution in [1.82, 2.24) is 0 Å². The van der Waals surface area contributed by atoms with Crippen molar-refractivity contribution in [2.24, 2.45) is 0 Å². The number of anilines is 1. The number of carbonyl (C=O) groups is 1. The van der Waals surface area contributed by atoms with Gasteiger partial charge in [-0.1, -0.05) is 18.2 Å². The molecule has 0 bridgehead atoms. The highest BCUT2D eigenvalue weighted by atomic mass is 127. The molecule has 1 amide bonds. The molecule has 0 aliphatic heterocycles. The van der Waals surface area contributed by atoms with Crippen LogP contribution in [0.15, 0.2) is 36.4 Å². The van der Waals surface area contributed by atoms with Crippen molar-refractivity contribution in [2.45, 2.75) is 0 Å². The highest BCUT2D eigenvalue weighted by Crippen LogP contribution is 2.25. The average molecular weight is 478 g/mol. The van der Waals surface area contributed by atoms with E-state index in [4.69, 9.17) is 0 Å². The number of nitrogens with one attached hydrogen (secondary N) is 1. The standard InChI is InChI=1S/C9H6BrI2NO/c10-8(12)7(11)9(14)13-6-4-2-1-3-5-6/h1-5H,(H,13,14). The fourth-order valence-electron chi connectivity index (χ4n) is 0.793. The number of carbonyl (C=O) groups excluding carboxylic acids is 1. The van der Waals surface area contributed by atoms with Crippen LogP contribution in [0.2, 0.25) is 0 Å². The maximum atomic E-state index is 11.5. The number of rotatable bonds is 2. The van der Waals surface area contributed by atoms with Gasteiger partial charge >= 0.3 is 0 Å². The summed E-state index contributed by atoms with van der Waals surface area (Å²) >= 11 is 7.30. The Kier molecular flexibility index (Phi) is 5.39. The lowest BCUT2D eigenvalue weighted by Crippen LogP contribution is -2.11. The summed E-state index contributed by atoms with van der Waals surface area (Å²) in [5.74, 6) is -0.0990. The molecule has 1 N–H and O–H groups in total. The summed E-state index contributed by atoms with van der Waals surface area (Å²) in [6.45, 7) is 0. The number of amides is 1. The van der Waals surface area contributed by atoms with Gasteiger partial charge < -0.3 is 5.32 Å². The Morgan fingerprint density at radius 3 is 2.29 bits per heavy atom. The van der Waals surface area contributed by atoms with Gasteiger partial charge in [0.15, 0.2) is 0 Å². The van der Waals surface area contributed by atoms with Crippen LogP contribution in [0.1, 0.15) is 0 Å². The van der Waals surface area contributed by atoms with E-state index in [1.54, 1.807) is 0 Å². The first kappa shape index (κ1) is 12.4. The summed E-state index contributed by atoms with van der Waals surface area (Å²) in [6.07, 6.45) is 0. The van der Waals surface area contributed by atoms with Crippen LogP contribution in [0.25, 0.3) is 0 Å². The smallest absolute Gasteiger partial charge is 0.263 e. The van der Waals surface area contributed by atoms with Gasteiger partial charge in [0.05, 0.1) is 6.07 Å². The zero-order valence-electron chi connectivity index (χ0n) is 6.93. The molecular weight excluding hydrogens is 472 g/mol. The lowest BCUT2D eigenvalue weighted by atomic mass is 10.3. The monoisotopic (exact) mass is 477 g/mol. The second-order valence-corrected chi connectivity index (χ2v) is 6.83. The maximum absolute atomic E-state index is 11.5. The minimum atomic E-state index is -0.0990. The van der Waals surface area contributed by atoms with Crippen molar-refractivity contribution in [1.29, 1.82) is 0 Å². The van der Waals surface area contributed by atoms with Crippen molar-refractivity contribution in [3.63, 3.8) is 0 Å². The summed E-state index contributed by atoms with van der Waals surface area (Å²) in [6, 6.07) is 9.37. The van der Waals surface area contributed by atoms with Gasteiger partial charge in [0.2, 0.25) is 0 Å². The number of halogens is 3. The van der Waals surface area contributed by atoms with E-state index in [0.29, 0.717) is 3.58 Å². The molecule has 1 aromatic carbocycles. The fraction of sp³-hybridized carbons (Fsp3) is 0. The Hall–Kier alpha value is 0.370. The zero-order valence-corrected chi connectivity index (χ0v) is 12.8. The molecule has 0 aliphatic rings. The minimum Gasteiger partial charge on any atom is -0.322 e. The molecular formula is C9H6BrI2NO. The highest BCUT2D eigenvalue weighted by molar-refractivity contribution is 14.1. The first-order chi connectivity index (χ1) is 6.61. The van der Waals surface area contributed by atoms with E-state index in [0.717, 1.165) is 8.18 Å². The van der Waals surface area contributed by atoms with Crippen molar-refractivity contribution in [2.75, 3.05) is 5.32 Å². The van der Waals surface area contributed by atoms with Crippen LogP contribution in [0.4, 0.5) is 5.69 Å². The molecule has 0 aliphatic carbocycles. The molecule has 1 aromatic rings. The Labute approximate surface area is 118 Å². The predicted molar refractivity (Wildman–Crippen MR) is 79.1 cm³/mol. The van der Waals surface area contributed by atoms with Gasteiger partial charge in [-0.25, -0.2) is 0 Å². The van der Waals surface area contributed by atoms with Crippen molar-refractivity contribution in [3.05, 3.63) is 36.4 Å². The Morgan fingerprint density at radius 2 is 1.79 bits per heavy atom. The van der Waals surface area contributed by atoms with Gasteiger partial charge in [-0.05, 0) is 73.2 Å². The zero-order chi connectivity index (χ0) is 10.6. The third-order valence-corrected chi connectivity index (χ3v) is 5.14. The van der Waals surface area contributed by atoms with Crippen molar-refractivity contribution in [3.8, 4) is 0 Å². The number of para-hydroxylation sites is 1. The Bertz CT molecular complexity index is 360. The predicted octanol–water partition coefficient (Wildman–Crippen LogP) is 4.06. The third kappa shape index (κ3) is 3.85. The van der Waals surface area contributed by atoms with E-state index >= 15 is 0 Å². The molecule has 14 heavy (non-hydrogen) atoms. The SMILES string of the molecule is O=C(Nc1ccccc1)C(I)=C(Br)I. The molecule has 0 aromatic heterocycles. The molecule has 2 nitrogen and oxygen atoms in total. The normalized spacial score (nSPS) is 11.9. The molecule has 0 atom stereocenters. The minimum absolute atomic E-state index is 0.0990. The molecule has 5 heteroatoms. The lowest BCUT2D eigenvalue weighted by Gasteiger charge is -2.03. The van der Waals surface area contributed by atoms with Gasteiger partial charge in [0, 0.05) is 5.69 Å². The quantitative estimate of drug-likeness (QED) is 0.505. The van der Waals surface area contributed by atoms with Gasteiger partial charge in [-0.2, -0.15) is 0 Å². The molecule has 0 heterocycles. The van der Waals surface area contributed by atoms with E-state index in [2.05, 4.69) is 43.8 Å². The van der Waals surface area contributed by atoms with Crippen molar-refractivity contribution >= 4 is 72.7 Å². The Morgan fingerprint density at radius 1 is 1.21 bits per heavy atom. The number of benzene rings is 1. The fourth-order valence-corrected chi connectivity index (χ4v) is 1.35. The van der Waals surface area contributed by atoms with Crippen molar-refractivity contribution < 1.29 is 4.79 Å². The summed E-state index contributed by atoms with van der Waals surface area (Å²) in [4.78, 5) is 11.5. The second-order valence-electron chi connectivity index (χ2n) is 2.39. The molecule has 0 saturated heterocycles. The van der Waals surface area contributed by atoms with E-state index in [1.807, 2.05) is 52.9 Å². The van der Waals surface area contributed by atoms with Crippen LogP contribution in [0, 0.1) is 0 Å². The lowest BCUT2D eigenvalue weighted by molar-refractivity contribution is -0.112. The molecule has 0 radical (unpaired) electrons. The highest BCUT2D eigenvalue weighted by Gasteiger charge is 2.08. The Balaban J connectivity index is 2.72. The van der Waals surface area contributed by atoms with E-state index in [9.17, 15) is 4.79 Å². The van der Waals surface area contributed by atoms with Crippen LogP contribution >= 0.6 is 61.1 Å². The number of hydrogen-bond acceptors (Lipinski definition) is 1. The van der Waals surface area contributed by atoms with Crippen LogP contribution in [0.5, 0.6) is 0 Å². The summed E-state index contributed by atoms with van der Waals surface area (Å²) < 4.78 is 1.45. The topological polar surface area (TPSA) is 29.1 Å². The van der Waals surface area contributed by atoms with E-state index in [-0.39, 0.29) is 5.91 Å². The van der Waals surface area contributed by atoms with E-state index in [1.165, 1.54) is 0 Å². The van der Waals surface area contributed by atoms with Crippen LogP contribution in [-0.4, -0.2) is 5.91 Å². The summed E-state index contributed by atoms with van der Waals surface area (Å²) in [5.41, 5.74) is 0.803. The van der Waals surface area contributed by atoms with E-state index < -0.39 is 0 Å². The average Bonchev–Trinajstić information content (AvgIpc) is 2.18. The van der Waals surface area contributed by atoms with Crippen LogP contribution in [0.3, 0.4) is 0 Å². The van der Waals surface area contributed by atoms with Gasteiger partial charge in [0.25, 0.3) is 5.91 Å². The molecule has 74 valence electrons. The molecule has 1 rings (SSSR count). The summed E-state index contributed by atoms with van der Waals surface area (Å²) in [5, 5.41) is 2.78. The molecule has 0 spiro atoms.